The fourth-order valence-electron chi connectivity index (χ4n) is 2.16. The van der Waals surface area contributed by atoms with E-state index < -0.39 is 33.8 Å². The molecule has 1 aromatic rings. The molecule has 9 heteroatoms. The molecule has 0 spiro atoms. The molecule has 1 atom stereocenters. The summed E-state index contributed by atoms with van der Waals surface area (Å²) in [7, 11) is -2.86. The van der Waals surface area contributed by atoms with Gasteiger partial charge in [0, 0.05) is 13.1 Å². The van der Waals surface area contributed by atoms with Crippen LogP contribution in [0.15, 0.2) is 29.2 Å². The number of nitrogens with zero attached hydrogens (tertiary/aromatic N) is 1. The highest BCUT2D eigenvalue weighted by molar-refractivity contribution is 7.89. The number of methoxy groups -OCH3 is 1. The van der Waals surface area contributed by atoms with Crippen LogP contribution in [-0.4, -0.2) is 50.8 Å². The topological polar surface area (TPSA) is 92.8 Å². The molecule has 0 radical (unpaired) electrons. The maximum absolute atomic E-state index is 12.9. The second kappa shape index (κ2) is 6.41. The van der Waals surface area contributed by atoms with E-state index in [2.05, 4.69) is 10.1 Å². The van der Waals surface area contributed by atoms with Gasteiger partial charge in [-0.15, -0.1) is 0 Å². The van der Waals surface area contributed by atoms with Crippen molar-refractivity contribution in [3.63, 3.8) is 0 Å². The number of esters is 1. The SMILES string of the molecule is COC(=O)CC1C(=O)NCCN1S(=O)(=O)c1ccc(F)cc1. The third kappa shape index (κ3) is 3.25. The summed E-state index contributed by atoms with van der Waals surface area (Å²) in [6.45, 7) is 0.157. The van der Waals surface area contributed by atoms with E-state index in [-0.39, 0.29) is 24.4 Å². The van der Waals surface area contributed by atoms with Crippen LogP contribution in [-0.2, 0) is 24.3 Å². The molecular formula is C13H15FN2O5S. The Morgan fingerprint density at radius 3 is 2.64 bits per heavy atom. The molecule has 120 valence electrons. The Labute approximate surface area is 127 Å². The number of hydrogen-bond acceptors (Lipinski definition) is 5. The molecule has 1 aliphatic heterocycles. The number of carbonyl (C=O) groups is 2. The standard InChI is InChI=1S/C13H15FN2O5S/c1-21-12(17)8-11-13(18)15-6-7-16(11)22(19,20)10-4-2-9(14)3-5-10/h2-5,11H,6-8H2,1H3,(H,15,18). The van der Waals surface area contributed by atoms with Gasteiger partial charge in [0.05, 0.1) is 18.4 Å². The van der Waals surface area contributed by atoms with Gasteiger partial charge in [0.1, 0.15) is 11.9 Å². The predicted molar refractivity (Wildman–Crippen MR) is 73.7 cm³/mol. The largest absolute Gasteiger partial charge is 0.469 e. The number of ether oxygens (including phenoxy) is 1. The summed E-state index contributed by atoms with van der Waals surface area (Å²) in [5.74, 6) is -1.83. The van der Waals surface area contributed by atoms with Gasteiger partial charge in [-0.05, 0) is 24.3 Å². The summed E-state index contributed by atoms with van der Waals surface area (Å²) in [6.07, 6.45) is -0.386. The van der Waals surface area contributed by atoms with Crippen molar-refractivity contribution in [3.05, 3.63) is 30.1 Å². The highest BCUT2D eigenvalue weighted by Crippen LogP contribution is 2.22. The zero-order valence-electron chi connectivity index (χ0n) is 11.8. The number of amides is 1. The van der Waals surface area contributed by atoms with Gasteiger partial charge < -0.3 is 10.1 Å². The first-order valence-electron chi connectivity index (χ1n) is 6.48. The molecule has 1 amide bonds. The average molecular weight is 330 g/mol. The van der Waals surface area contributed by atoms with E-state index in [1.54, 1.807) is 0 Å². The fourth-order valence-corrected chi connectivity index (χ4v) is 3.75. The summed E-state index contributed by atoms with van der Waals surface area (Å²) < 4.78 is 43.6. The maximum Gasteiger partial charge on any atom is 0.307 e. The highest BCUT2D eigenvalue weighted by atomic mass is 32.2. The number of sulfonamides is 1. The quantitative estimate of drug-likeness (QED) is 0.777. The number of hydrogen-bond donors (Lipinski definition) is 1. The second-order valence-electron chi connectivity index (χ2n) is 4.66. The van der Waals surface area contributed by atoms with Crippen molar-refractivity contribution in [2.75, 3.05) is 20.2 Å². The Kier molecular flexibility index (Phi) is 4.77. The fraction of sp³-hybridized carbons (Fsp3) is 0.385. The van der Waals surface area contributed by atoms with Crippen molar-refractivity contribution in [2.24, 2.45) is 0 Å². The Balaban J connectivity index is 2.35. The zero-order valence-corrected chi connectivity index (χ0v) is 12.6. The molecule has 1 N–H and O–H groups in total. The predicted octanol–water partition coefficient (Wildman–Crippen LogP) is -0.122. The van der Waals surface area contributed by atoms with Crippen molar-refractivity contribution in [2.45, 2.75) is 17.4 Å². The molecule has 1 aliphatic rings. The number of nitrogens with one attached hydrogen (secondary N) is 1. The van der Waals surface area contributed by atoms with Crippen molar-refractivity contribution in [1.82, 2.24) is 9.62 Å². The lowest BCUT2D eigenvalue weighted by Crippen LogP contribution is -2.57. The van der Waals surface area contributed by atoms with E-state index in [4.69, 9.17) is 0 Å². The Bertz CT molecular complexity index is 674. The summed E-state index contributed by atoms with van der Waals surface area (Å²) in [5.41, 5.74) is 0. The third-order valence-corrected chi connectivity index (χ3v) is 5.21. The first kappa shape index (κ1) is 16.4. The van der Waals surface area contributed by atoms with Crippen LogP contribution in [0.4, 0.5) is 4.39 Å². The lowest BCUT2D eigenvalue weighted by atomic mass is 10.1. The molecule has 7 nitrogen and oxygen atoms in total. The van der Waals surface area contributed by atoms with Gasteiger partial charge in [-0.25, -0.2) is 12.8 Å². The molecule has 22 heavy (non-hydrogen) atoms. The van der Waals surface area contributed by atoms with E-state index in [0.717, 1.165) is 35.7 Å². The number of piperazine rings is 1. The molecule has 0 bridgehead atoms. The molecule has 1 aromatic carbocycles. The monoisotopic (exact) mass is 330 g/mol. The molecule has 2 rings (SSSR count). The molecular weight excluding hydrogens is 315 g/mol. The van der Waals surface area contributed by atoms with Crippen molar-refractivity contribution < 1.29 is 27.1 Å². The lowest BCUT2D eigenvalue weighted by molar-refractivity contribution is -0.144. The van der Waals surface area contributed by atoms with Crippen LogP contribution in [0.25, 0.3) is 0 Å². The average Bonchev–Trinajstić information content (AvgIpc) is 2.49. The van der Waals surface area contributed by atoms with Crippen LogP contribution in [0.1, 0.15) is 6.42 Å². The third-order valence-electron chi connectivity index (χ3n) is 3.29. The summed E-state index contributed by atoms with van der Waals surface area (Å²) >= 11 is 0. The summed E-state index contributed by atoms with van der Waals surface area (Å²) in [6, 6.07) is 3.09. The zero-order chi connectivity index (χ0) is 16.3. The van der Waals surface area contributed by atoms with Crippen LogP contribution in [0.3, 0.4) is 0 Å². The Hall–Kier alpha value is -2.00. The van der Waals surface area contributed by atoms with Gasteiger partial charge in [0.2, 0.25) is 15.9 Å². The first-order chi connectivity index (χ1) is 10.4. The van der Waals surface area contributed by atoms with Crippen LogP contribution in [0.2, 0.25) is 0 Å². The normalized spacial score (nSPS) is 19.5. The van der Waals surface area contributed by atoms with Crippen LogP contribution >= 0.6 is 0 Å². The smallest absolute Gasteiger partial charge is 0.307 e. The molecule has 0 aromatic heterocycles. The first-order valence-corrected chi connectivity index (χ1v) is 7.92. The number of rotatable bonds is 4. The molecule has 1 unspecified atom stereocenters. The Morgan fingerprint density at radius 1 is 1.41 bits per heavy atom. The number of carbonyl (C=O) groups excluding carboxylic acids is 2. The minimum Gasteiger partial charge on any atom is -0.469 e. The highest BCUT2D eigenvalue weighted by Gasteiger charge is 2.39. The van der Waals surface area contributed by atoms with E-state index >= 15 is 0 Å². The maximum atomic E-state index is 12.9. The van der Waals surface area contributed by atoms with E-state index in [9.17, 15) is 22.4 Å². The van der Waals surface area contributed by atoms with Gasteiger partial charge in [-0.2, -0.15) is 4.31 Å². The Morgan fingerprint density at radius 2 is 2.05 bits per heavy atom. The van der Waals surface area contributed by atoms with Gasteiger partial charge in [0.25, 0.3) is 0 Å². The minimum atomic E-state index is -4.02. The second-order valence-corrected chi connectivity index (χ2v) is 6.55. The van der Waals surface area contributed by atoms with Gasteiger partial charge in [-0.3, -0.25) is 9.59 Å². The molecule has 1 heterocycles. The van der Waals surface area contributed by atoms with Gasteiger partial charge in [0.15, 0.2) is 0 Å². The molecule has 1 saturated heterocycles. The van der Waals surface area contributed by atoms with Crippen molar-refractivity contribution in [1.29, 1.82) is 0 Å². The summed E-state index contributed by atoms with van der Waals surface area (Å²) in [4.78, 5) is 23.2. The number of halogens is 1. The van der Waals surface area contributed by atoms with Gasteiger partial charge in [-0.1, -0.05) is 0 Å². The van der Waals surface area contributed by atoms with E-state index in [1.165, 1.54) is 0 Å². The van der Waals surface area contributed by atoms with Crippen LogP contribution in [0, 0.1) is 5.82 Å². The summed E-state index contributed by atoms with van der Waals surface area (Å²) in [5, 5.41) is 2.51. The van der Waals surface area contributed by atoms with Crippen LogP contribution in [0.5, 0.6) is 0 Å². The van der Waals surface area contributed by atoms with E-state index in [0.29, 0.717) is 0 Å². The minimum absolute atomic E-state index is 0.0209. The molecule has 1 fully saturated rings. The van der Waals surface area contributed by atoms with Crippen molar-refractivity contribution >= 4 is 21.9 Å². The molecule has 0 aliphatic carbocycles. The number of benzene rings is 1. The van der Waals surface area contributed by atoms with Crippen LogP contribution < -0.4 is 5.32 Å². The van der Waals surface area contributed by atoms with Gasteiger partial charge >= 0.3 is 5.97 Å². The van der Waals surface area contributed by atoms with E-state index in [1.807, 2.05) is 0 Å². The lowest BCUT2D eigenvalue weighted by Gasteiger charge is -2.33. The van der Waals surface area contributed by atoms with Crippen molar-refractivity contribution in [3.8, 4) is 0 Å². The molecule has 0 saturated carbocycles.